The van der Waals surface area contributed by atoms with Gasteiger partial charge in [0.05, 0.1) is 4.92 Å². The van der Waals surface area contributed by atoms with Crippen LogP contribution in [-0.4, -0.2) is 40.6 Å². The molecule has 1 unspecified atom stereocenters. The van der Waals surface area contributed by atoms with Crippen LogP contribution in [0.3, 0.4) is 0 Å². The van der Waals surface area contributed by atoms with Crippen LogP contribution >= 0.6 is 0 Å². The van der Waals surface area contributed by atoms with E-state index >= 15 is 0 Å². The number of hydrogen-bond donors (Lipinski definition) is 2. The number of nitro benzene ring substituents is 1. The second-order valence-corrected chi connectivity index (χ2v) is 8.45. The van der Waals surface area contributed by atoms with Gasteiger partial charge in [0.15, 0.2) is 0 Å². The normalized spacial score (nSPS) is 15.5. The molecule has 1 fully saturated rings. The largest absolute Gasteiger partial charge is 0.381 e. The lowest BCUT2D eigenvalue weighted by molar-refractivity contribution is -0.383. The molecule has 154 valence electrons. The van der Waals surface area contributed by atoms with E-state index in [1.165, 1.54) is 25.2 Å². The minimum absolute atomic E-state index is 0.138. The second kappa shape index (κ2) is 9.62. The number of anilines is 2. The maximum Gasteiger partial charge on any atom is 0.293 e. The van der Waals surface area contributed by atoms with Gasteiger partial charge in [-0.15, -0.1) is 0 Å². The number of amides is 1. The summed E-state index contributed by atoms with van der Waals surface area (Å²) in [7, 11) is 0.475. The summed E-state index contributed by atoms with van der Waals surface area (Å²) >= 11 is 0. The molecule has 1 saturated heterocycles. The third-order valence-electron chi connectivity index (χ3n) is 4.74. The molecule has 1 heterocycles. The zero-order valence-electron chi connectivity index (χ0n) is 16.1. The van der Waals surface area contributed by atoms with Crippen LogP contribution in [0.1, 0.15) is 28.8 Å². The first-order chi connectivity index (χ1) is 14.0. The van der Waals surface area contributed by atoms with E-state index in [9.17, 15) is 19.1 Å². The number of carbonyl (C=O) groups excluding carboxylic acids is 1. The number of ether oxygens (including phenoxy) is 1. The number of nitrogens with one attached hydrogen (secondary N) is 2. The van der Waals surface area contributed by atoms with Gasteiger partial charge in [-0.2, -0.15) is 0 Å². The summed E-state index contributed by atoms with van der Waals surface area (Å²) < 4.78 is 17.9. The fourth-order valence-electron chi connectivity index (χ4n) is 3.19. The van der Waals surface area contributed by atoms with Gasteiger partial charge in [0.1, 0.15) is 5.69 Å². The molecular weight excluding hydrogens is 394 g/mol. The average Bonchev–Trinajstić information content (AvgIpc) is 2.74. The molecule has 0 aromatic heterocycles. The number of carbonyl (C=O) groups is 1. The SMILES string of the molecule is CNC(=O)c1ccc(Nc2cccc(CS(=O)C3CCOCC3)c2)c([N+](=O)[O-])c1. The van der Waals surface area contributed by atoms with Gasteiger partial charge < -0.3 is 15.4 Å². The Balaban J connectivity index is 1.76. The number of benzene rings is 2. The van der Waals surface area contributed by atoms with E-state index < -0.39 is 21.6 Å². The van der Waals surface area contributed by atoms with Crippen LogP contribution in [0.4, 0.5) is 17.1 Å². The number of nitrogens with zero attached hydrogens (tertiary/aromatic N) is 1. The Hall–Kier alpha value is -2.78. The number of hydrogen-bond acceptors (Lipinski definition) is 6. The van der Waals surface area contributed by atoms with Crippen LogP contribution in [0.15, 0.2) is 42.5 Å². The third kappa shape index (κ3) is 5.39. The minimum Gasteiger partial charge on any atom is -0.381 e. The van der Waals surface area contributed by atoms with Crippen LogP contribution in [0, 0.1) is 10.1 Å². The van der Waals surface area contributed by atoms with E-state index in [1.54, 1.807) is 6.07 Å². The van der Waals surface area contributed by atoms with Gasteiger partial charge in [0, 0.05) is 59.4 Å². The van der Waals surface area contributed by atoms with E-state index in [4.69, 9.17) is 4.74 Å². The molecule has 29 heavy (non-hydrogen) atoms. The van der Waals surface area contributed by atoms with Crippen molar-refractivity contribution in [2.75, 3.05) is 25.6 Å². The first-order valence-corrected chi connectivity index (χ1v) is 10.7. The Labute approximate surface area is 171 Å². The van der Waals surface area contributed by atoms with Crippen molar-refractivity contribution in [3.05, 3.63) is 63.7 Å². The van der Waals surface area contributed by atoms with Gasteiger partial charge in [0.2, 0.25) is 0 Å². The van der Waals surface area contributed by atoms with Crippen molar-refractivity contribution >= 4 is 33.8 Å². The number of rotatable bonds is 7. The fourth-order valence-corrected chi connectivity index (χ4v) is 4.65. The zero-order valence-corrected chi connectivity index (χ0v) is 16.9. The average molecular weight is 417 g/mol. The van der Waals surface area contributed by atoms with Crippen molar-refractivity contribution in [2.24, 2.45) is 0 Å². The Bertz CT molecular complexity index is 928. The molecule has 1 aliphatic heterocycles. The van der Waals surface area contributed by atoms with Crippen molar-refractivity contribution in [3.8, 4) is 0 Å². The maximum absolute atomic E-state index is 12.6. The molecule has 1 atom stereocenters. The van der Waals surface area contributed by atoms with E-state index in [1.807, 2.05) is 18.2 Å². The van der Waals surface area contributed by atoms with Gasteiger partial charge in [-0.3, -0.25) is 19.1 Å². The Kier molecular flexibility index (Phi) is 6.95. The number of nitro groups is 1. The van der Waals surface area contributed by atoms with E-state index in [-0.39, 0.29) is 22.2 Å². The van der Waals surface area contributed by atoms with Gasteiger partial charge in [-0.1, -0.05) is 12.1 Å². The highest BCUT2D eigenvalue weighted by Gasteiger charge is 2.21. The molecular formula is C20H23N3O5S. The van der Waals surface area contributed by atoms with E-state index in [0.29, 0.717) is 24.7 Å². The molecule has 3 rings (SSSR count). The summed E-state index contributed by atoms with van der Waals surface area (Å²) in [5.41, 5.74) is 1.85. The van der Waals surface area contributed by atoms with Crippen molar-refractivity contribution < 1.29 is 18.7 Å². The summed E-state index contributed by atoms with van der Waals surface area (Å²) in [6, 6.07) is 11.6. The maximum atomic E-state index is 12.6. The topological polar surface area (TPSA) is 111 Å². The highest BCUT2D eigenvalue weighted by molar-refractivity contribution is 7.84. The lowest BCUT2D eigenvalue weighted by Crippen LogP contribution is -2.25. The van der Waals surface area contributed by atoms with Gasteiger partial charge in [0.25, 0.3) is 11.6 Å². The first-order valence-electron chi connectivity index (χ1n) is 9.29. The first kappa shape index (κ1) is 20.9. The minimum atomic E-state index is -0.994. The molecule has 0 aliphatic carbocycles. The molecule has 0 spiro atoms. The molecule has 2 N–H and O–H groups in total. The van der Waals surface area contributed by atoms with E-state index in [2.05, 4.69) is 10.6 Å². The third-order valence-corrected chi connectivity index (χ3v) is 6.57. The summed E-state index contributed by atoms with van der Waals surface area (Å²) in [6.45, 7) is 1.29. The monoisotopic (exact) mass is 417 g/mol. The quantitative estimate of drug-likeness (QED) is 0.529. The van der Waals surface area contributed by atoms with Crippen LogP contribution in [0.5, 0.6) is 0 Å². The lowest BCUT2D eigenvalue weighted by Gasteiger charge is -2.21. The predicted molar refractivity (Wildman–Crippen MR) is 112 cm³/mol. The van der Waals surface area contributed by atoms with Crippen LogP contribution in [-0.2, 0) is 21.3 Å². The molecule has 8 nitrogen and oxygen atoms in total. The molecule has 2 aromatic rings. The van der Waals surface area contributed by atoms with Crippen LogP contribution < -0.4 is 10.6 Å². The molecule has 9 heteroatoms. The molecule has 0 radical (unpaired) electrons. The van der Waals surface area contributed by atoms with E-state index in [0.717, 1.165) is 18.4 Å². The molecule has 0 saturated carbocycles. The van der Waals surface area contributed by atoms with Gasteiger partial charge in [-0.25, -0.2) is 0 Å². The zero-order chi connectivity index (χ0) is 20.8. The van der Waals surface area contributed by atoms with Crippen molar-refractivity contribution in [2.45, 2.75) is 23.8 Å². The molecule has 1 aliphatic rings. The predicted octanol–water partition coefficient (Wildman–Crippen LogP) is 3.13. The summed E-state index contributed by atoms with van der Waals surface area (Å²) in [6.07, 6.45) is 1.60. The Morgan fingerprint density at radius 2 is 2.00 bits per heavy atom. The fraction of sp³-hybridized carbons (Fsp3) is 0.350. The summed E-state index contributed by atoms with van der Waals surface area (Å²) in [4.78, 5) is 22.7. The summed E-state index contributed by atoms with van der Waals surface area (Å²) in [5.74, 6) is 0.0370. The van der Waals surface area contributed by atoms with Crippen molar-refractivity contribution in [1.82, 2.24) is 5.32 Å². The van der Waals surface area contributed by atoms with Gasteiger partial charge >= 0.3 is 0 Å². The molecule has 2 aromatic carbocycles. The summed E-state index contributed by atoms with van der Waals surface area (Å²) in [5, 5.41) is 17.1. The second-order valence-electron chi connectivity index (χ2n) is 6.73. The highest BCUT2D eigenvalue weighted by atomic mass is 32.2. The Morgan fingerprint density at radius 1 is 1.24 bits per heavy atom. The van der Waals surface area contributed by atoms with Crippen molar-refractivity contribution in [3.63, 3.8) is 0 Å². The smallest absolute Gasteiger partial charge is 0.293 e. The lowest BCUT2D eigenvalue weighted by atomic mass is 10.1. The molecule has 0 bridgehead atoms. The van der Waals surface area contributed by atoms with Crippen LogP contribution in [0.2, 0.25) is 0 Å². The van der Waals surface area contributed by atoms with Crippen LogP contribution in [0.25, 0.3) is 0 Å². The highest BCUT2D eigenvalue weighted by Crippen LogP contribution is 2.29. The standard InChI is InChI=1S/C20H23N3O5S/c1-21-20(24)15-5-6-18(19(12-15)23(25)26)22-16-4-2-3-14(11-16)13-29(27)17-7-9-28-10-8-17/h2-6,11-12,17,22H,7-10,13H2,1H3,(H,21,24). The van der Waals surface area contributed by atoms with Crippen molar-refractivity contribution in [1.29, 1.82) is 0 Å². The van der Waals surface area contributed by atoms with Gasteiger partial charge in [-0.05, 0) is 42.7 Å². The Morgan fingerprint density at radius 3 is 2.69 bits per heavy atom. The molecule has 1 amide bonds.